The summed E-state index contributed by atoms with van der Waals surface area (Å²) in [5, 5.41) is 0. The quantitative estimate of drug-likeness (QED) is 0.803. The Hall–Kier alpha value is -0.200. The largest absolute Gasteiger partial charge is 0.377 e. The predicted molar refractivity (Wildman–Crippen MR) is 78.8 cm³/mol. The standard InChI is InChI=1S/C15H29N3O2/c1-19-13-9-18(10-14(13)20-2)15(11-16)5-7-17-6-3-4-12(17)8-15/h12-14H,3-11,16H2,1-2H3. The van der Waals surface area contributed by atoms with E-state index >= 15 is 0 Å². The minimum Gasteiger partial charge on any atom is -0.377 e. The Kier molecular flexibility index (Phi) is 4.34. The first-order chi connectivity index (χ1) is 9.72. The smallest absolute Gasteiger partial charge is 0.0972 e. The molecule has 4 unspecified atom stereocenters. The molecule has 2 N–H and O–H groups in total. The average Bonchev–Trinajstić information content (AvgIpc) is 3.12. The Labute approximate surface area is 122 Å². The first-order valence-electron chi connectivity index (χ1n) is 7.97. The second kappa shape index (κ2) is 5.89. The summed E-state index contributed by atoms with van der Waals surface area (Å²) in [6.45, 7) is 5.16. The van der Waals surface area contributed by atoms with Gasteiger partial charge in [0, 0.05) is 52.0 Å². The van der Waals surface area contributed by atoms with Crippen molar-refractivity contribution in [3.63, 3.8) is 0 Å². The van der Waals surface area contributed by atoms with E-state index in [2.05, 4.69) is 9.80 Å². The van der Waals surface area contributed by atoms with Crippen molar-refractivity contribution >= 4 is 0 Å². The van der Waals surface area contributed by atoms with E-state index in [1.54, 1.807) is 14.2 Å². The number of nitrogens with two attached hydrogens (primary N) is 1. The first-order valence-corrected chi connectivity index (χ1v) is 7.97. The molecule has 5 heteroatoms. The van der Waals surface area contributed by atoms with E-state index in [4.69, 9.17) is 15.2 Å². The molecule has 3 heterocycles. The van der Waals surface area contributed by atoms with Crippen LogP contribution in [-0.4, -0.2) is 80.5 Å². The molecule has 3 saturated heterocycles. The lowest BCUT2D eigenvalue weighted by molar-refractivity contribution is -0.00461. The van der Waals surface area contributed by atoms with Crippen molar-refractivity contribution in [3.8, 4) is 0 Å². The number of nitrogens with zero attached hydrogens (tertiary/aromatic N) is 2. The van der Waals surface area contributed by atoms with Crippen molar-refractivity contribution in [2.75, 3.05) is 46.9 Å². The molecule has 0 aromatic heterocycles. The van der Waals surface area contributed by atoms with Gasteiger partial charge in [0.25, 0.3) is 0 Å². The molecule has 20 heavy (non-hydrogen) atoms. The van der Waals surface area contributed by atoms with Gasteiger partial charge in [-0.2, -0.15) is 0 Å². The van der Waals surface area contributed by atoms with Crippen LogP contribution in [0.1, 0.15) is 25.7 Å². The van der Waals surface area contributed by atoms with Crippen molar-refractivity contribution in [1.29, 1.82) is 0 Å². The van der Waals surface area contributed by atoms with Gasteiger partial charge in [0.2, 0.25) is 0 Å². The molecule has 0 bridgehead atoms. The molecule has 3 fully saturated rings. The number of rotatable bonds is 4. The molecule has 116 valence electrons. The summed E-state index contributed by atoms with van der Waals surface area (Å²) in [4.78, 5) is 5.22. The van der Waals surface area contributed by atoms with E-state index in [-0.39, 0.29) is 17.7 Å². The van der Waals surface area contributed by atoms with Crippen LogP contribution < -0.4 is 5.73 Å². The van der Waals surface area contributed by atoms with E-state index in [0.29, 0.717) is 0 Å². The summed E-state index contributed by atoms with van der Waals surface area (Å²) in [7, 11) is 3.57. The highest BCUT2D eigenvalue weighted by Gasteiger charge is 2.48. The lowest BCUT2D eigenvalue weighted by Gasteiger charge is -2.49. The highest BCUT2D eigenvalue weighted by molar-refractivity contribution is 5.05. The van der Waals surface area contributed by atoms with Gasteiger partial charge in [-0.1, -0.05) is 0 Å². The second-order valence-electron chi connectivity index (χ2n) is 6.67. The fourth-order valence-corrected chi connectivity index (χ4v) is 4.50. The summed E-state index contributed by atoms with van der Waals surface area (Å²) < 4.78 is 11.2. The summed E-state index contributed by atoms with van der Waals surface area (Å²) in [6, 6.07) is 0.745. The summed E-state index contributed by atoms with van der Waals surface area (Å²) in [5.74, 6) is 0. The van der Waals surface area contributed by atoms with E-state index in [0.717, 1.165) is 25.7 Å². The molecular weight excluding hydrogens is 254 g/mol. The van der Waals surface area contributed by atoms with Crippen LogP contribution in [0.15, 0.2) is 0 Å². The number of ether oxygens (including phenoxy) is 2. The summed E-state index contributed by atoms with van der Waals surface area (Å²) in [6.07, 6.45) is 5.47. The Morgan fingerprint density at radius 2 is 1.85 bits per heavy atom. The maximum absolute atomic E-state index is 6.23. The molecule has 0 spiro atoms. The Morgan fingerprint density at radius 3 is 2.45 bits per heavy atom. The van der Waals surface area contributed by atoms with E-state index in [1.165, 1.54) is 38.8 Å². The third kappa shape index (κ3) is 2.40. The normalized spacial score (nSPS) is 43.0. The van der Waals surface area contributed by atoms with Crippen molar-refractivity contribution in [1.82, 2.24) is 9.80 Å². The van der Waals surface area contributed by atoms with Gasteiger partial charge < -0.3 is 20.1 Å². The van der Waals surface area contributed by atoms with Gasteiger partial charge in [0.05, 0.1) is 12.2 Å². The minimum atomic E-state index is 0.162. The van der Waals surface area contributed by atoms with Gasteiger partial charge in [0.1, 0.15) is 0 Å². The fourth-order valence-electron chi connectivity index (χ4n) is 4.50. The van der Waals surface area contributed by atoms with Crippen LogP contribution in [-0.2, 0) is 9.47 Å². The number of hydrogen-bond donors (Lipinski definition) is 1. The van der Waals surface area contributed by atoms with E-state index in [9.17, 15) is 0 Å². The molecule has 0 amide bonds. The summed E-state index contributed by atoms with van der Waals surface area (Å²) >= 11 is 0. The zero-order chi connectivity index (χ0) is 14.2. The molecule has 3 aliphatic heterocycles. The van der Waals surface area contributed by atoms with Crippen LogP contribution in [0.4, 0.5) is 0 Å². The Balaban J connectivity index is 1.73. The lowest BCUT2D eigenvalue weighted by atomic mass is 9.82. The third-order valence-electron chi connectivity index (χ3n) is 5.85. The molecule has 0 aromatic rings. The zero-order valence-electron chi connectivity index (χ0n) is 12.9. The number of fused-ring (bicyclic) bond motifs is 1. The highest BCUT2D eigenvalue weighted by Crippen LogP contribution is 2.38. The zero-order valence-corrected chi connectivity index (χ0v) is 12.9. The van der Waals surface area contributed by atoms with Crippen LogP contribution in [0, 0.1) is 0 Å². The lowest BCUT2D eigenvalue weighted by Crippen LogP contribution is -2.60. The molecule has 0 saturated carbocycles. The van der Waals surface area contributed by atoms with Crippen LogP contribution in [0.2, 0.25) is 0 Å². The van der Waals surface area contributed by atoms with Gasteiger partial charge >= 0.3 is 0 Å². The number of likely N-dealkylation sites (tertiary alicyclic amines) is 1. The maximum Gasteiger partial charge on any atom is 0.0972 e. The molecule has 3 aliphatic rings. The number of piperidine rings is 1. The van der Waals surface area contributed by atoms with Crippen LogP contribution in [0.5, 0.6) is 0 Å². The van der Waals surface area contributed by atoms with Gasteiger partial charge in [0.15, 0.2) is 0 Å². The average molecular weight is 283 g/mol. The van der Waals surface area contributed by atoms with E-state index < -0.39 is 0 Å². The van der Waals surface area contributed by atoms with Crippen LogP contribution in [0.3, 0.4) is 0 Å². The molecule has 5 nitrogen and oxygen atoms in total. The van der Waals surface area contributed by atoms with Gasteiger partial charge in [-0.25, -0.2) is 0 Å². The van der Waals surface area contributed by atoms with Crippen LogP contribution in [0.25, 0.3) is 0 Å². The van der Waals surface area contributed by atoms with Crippen molar-refractivity contribution in [2.45, 2.75) is 49.5 Å². The fraction of sp³-hybridized carbons (Fsp3) is 1.00. The molecule has 0 radical (unpaired) electrons. The maximum atomic E-state index is 6.23. The molecule has 0 aliphatic carbocycles. The Bertz CT molecular complexity index is 329. The van der Waals surface area contributed by atoms with E-state index in [1.807, 2.05) is 0 Å². The Morgan fingerprint density at radius 1 is 1.15 bits per heavy atom. The highest BCUT2D eigenvalue weighted by atomic mass is 16.5. The van der Waals surface area contributed by atoms with Crippen molar-refractivity contribution in [2.24, 2.45) is 5.73 Å². The minimum absolute atomic E-state index is 0.162. The third-order valence-corrected chi connectivity index (χ3v) is 5.85. The number of methoxy groups -OCH3 is 2. The van der Waals surface area contributed by atoms with Gasteiger partial charge in [-0.3, -0.25) is 4.90 Å². The van der Waals surface area contributed by atoms with Crippen molar-refractivity contribution < 1.29 is 9.47 Å². The number of hydrogen-bond acceptors (Lipinski definition) is 5. The van der Waals surface area contributed by atoms with Gasteiger partial charge in [-0.15, -0.1) is 0 Å². The summed E-state index contributed by atoms with van der Waals surface area (Å²) in [5.41, 5.74) is 6.40. The molecular formula is C15H29N3O2. The second-order valence-corrected chi connectivity index (χ2v) is 6.67. The van der Waals surface area contributed by atoms with Gasteiger partial charge in [-0.05, 0) is 32.2 Å². The molecule has 4 atom stereocenters. The van der Waals surface area contributed by atoms with Crippen molar-refractivity contribution in [3.05, 3.63) is 0 Å². The first kappa shape index (κ1) is 14.7. The monoisotopic (exact) mass is 283 g/mol. The van der Waals surface area contributed by atoms with Crippen LogP contribution >= 0.6 is 0 Å². The SMILES string of the molecule is COC1CN(C2(CN)CCN3CCCC3C2)CC1OC. The topological polar surface area (TPSA) is 51.0 Å². The molecule has 0 aromatic carbocycles. The predicted octanol–water partition coefficient (Wildman–Crippen LogP) is 0.288. The molecule has 3 rings (SSSR count).